The van der Waals surface area contributed by atoms with Gasteiger partial charge in [-0.15, -0.1) is 0 Å². The molecule has 8 rings (SSSR count). The van der Waals surface area contributed by atoms with Gasteiger partial charge in [0.2, 0.25) is 0 Å². The van der Waals surface area contributed by atoms with Crippen molar-refractivity contribution in [3.05, 3.63) is 123 Å². The third kappa shape index (κ3) is 15.3. The molecule has 12 N–H and O–H groups in total. The summed E-state index contributed by atoms with van der Waals surface area (Å²) in [6, 6.07) is 18.6. The summed E-state index contributed by atoms with van der Waals surface area (Å²) in [5.74, 6) is 3.78. The maximum atomic E-state index is 13.7. The number of fused-ring (bicyclic) bond motifs is 6. The van der Waals surface area contributed by atoms with Crippen LogP contribution in [-0.4, -0.2) is 129 Å². The molecular weight excluding hydrogens is 989 g/mol. The van der Waals surface area contributed by atoms with E-state index in [1.165, 1.54) is 0 Å². The summed E-state index contributed by atoms with van der Waals surface area (Å²) < 4.78 is 0. The number of aliphatic hydroxyl groups excluding tert-OH is 6. The molecule has 1 saturated carbocycles. The highest BCUT2D eigenvalue weighted by atomic mass is 16.4. The standard InChI is InChI=1S/C64H88N2O12/c1-4-5-15-55(70)56(71)28-23-46-22-21-45-13-8-7-12-44(45)14-11-32-64(62(3,78)37-42-18-24-49(68)25-19-42)38-43-17-20-47(48(33-43)39-63(61(76)77)30-9-6-10-31-63)34-58(73)51-26-16-41(2)65-60(53(51)36-59(74)75)57(72)29-27-54(66-64)52(46)35-50(69)40-67/h7-8,12-13,17-20,23-25,28,33,41,50-51,53-58,60,65-73,78H,4-6,9-10,15-16,21-22,26-27,29-32,34-40H2,1-3H3,(H,74,75)(H,76,77). The molecule has 1 saturated heterocycles. The molecule has 4 heterocycles. The Kier molecular flexibility index (Phi) is 21.4. The van der Waals surface area contributed by atoms with Crippen LogP contribution >= 0.6 is 0 Å². The second-order valence-electron chi connectivity index (χ2n) is 23.8. The van der Waals surface area contributed by atoms with Gasteiger partial charge in [-0.2, -0.15) is 0 Å². The molecule has 1 aliphatic carbocycles. The van der Waals surface area contributed by atoms with Crippen LogP contribution in [0.5, 0.6) is 5.75 Å². The lowest BCUT2D eigenvalue weighted by Crippen LogP contribution is -2.66. The lowest BCUT2D eigenvalue weighted by Gasteiger charge is -2.49. The number of phenolic OH excluding ortho intramolecular Hbond substituents is 1. The average Bonchev–Trinajstić information content (AvgIpc) is 3.67. The molecule has 14 nitrogen and oxygen atoms in total. The van der Waals surface area contributed by atoms with E-state index in [-0.39, 0.29) is 69.6 Å². The molecular formula is C64H88N2O12. The van der Waals surface area contributed by atoms with E-state index in [0.717, 1.165) is 53.5 Å². The Morgan fingerprint density at radius 3 is 2.36 bits per heavy atom. The van der Waals surface area contributed by atoms with E-state index >= 15 is 0 Å². The van der Waals surface area contributed by atoms with Crippen molar-refractivity contribution in [1.29, 1.82) is 0 Å². The number of benzene rings is 3. The minimum atomic E-state index is -1.71. The smallest absolute Gasteiger partial charge is 0.309 e. The van der Waals surface area contributed by atoms with Gasteiger partial charge in [-0.3, -0.25) is 9.59 Å². The van der Waals surface area contributed by atoms with Crippen LogP contribution in [0.3, 0.4) is 0 Å². The number of carbonyl (C=O) groups is 2. The minimum Gasteiger partial charge on any atom is -0.508 e. The first-order valence-electron chi connectivity index (χ1n) is 28.8. The summed E-state index contributed by atoms with van der Waals surface area (Å²) in [6.07, 6.45) is 5.11. The van der Waals surface area contributed by atoms with E-state index in [4.69, 9.17) is 0 Å². The van der Waals surface area contributed by atoms with E-state index in [1.54, 1.807) is 43.3 Å². The Bertz CT molecular complexity index is 2600. The Labute approximate surface area is 461 Å². The van der Waals surface area contributed by atoms with Crippen molar-refractivity contribution in [2.45, 2.75) is 215 Å². The normalized spacial score (nSPS) is 28.1. The van der Waals surface area contributed by atoms with Gasteiger partial charge < -0.3 is 61.7 Å². The van der Waals surface area contributed by atoms with Gasteiger partial charge in [0.1, 0.15) is 5.75 Å². The van der Waals surface area contributed by atoms with E-state index < -0.39 is 89.5 Å². The fourth-order valence-corrected chi connectivity index (χ4v) is 13.3. The number of nitrogens with one attached hydrogen (secondary N) is 2. The molecule has 12 atom stereocenters. The number of aliphatic hydroxyl groups is 7. The third-order valence-electron chi connectivity index (χ3n) is 18.0. The van der Waals surface area contributed by atoms with Gasteiger partial charge in [0.05, 0.1) is 60.1 Å². The SMILES string of the molecule is CCCCC(O)C(O)C=CC1=C(CC(O)CO)C2CCC(O)C3NC(C)CCC(C(O)Cc4ccc(cc4CC4(C(=O)O)CCCCC4)CC(C(C)(O)Cc4ccc(O)cc4)(CC#Cc4ccccc4CC1)N2)C3CC(=O)O. The van der Waals surface area contributed by atoms with Crippen molar-refractivity contribution in [3.63, 3.8) is 0 Å². The van der Waals surface area contributed by atoms with Gasteiger partial charge >= 0.3 is 11.9 Å². The molecule has 78 heavy (non-hydrogen) atoms. The minimum absolute atomic E-state index is 0.0355. The maximum Gasteiger partial charge on any atom is 0.309 e. The molecule has 14 heteroatoms. The second-order valence-corrected chi connectivity index (χ2v) is 23.8. The van der Waals surface area contributed by atoms with Crippen molar-refractivity contribution in [2.75, 3.05) is 6.61 Å². The summed E-state index contributed by atoms with van der Waals surface area (Å²) in [7, 11) is 0. The molecule has 12 unspecified atom stereocenters. The largest absolute Gasteiger partial charge is 0.508 e. The zero-order valence-electron chi connectivity index (χ0n) is 46.1. The predicted molar refractivity (Wildman–Crippen MR) is 301 cm³/mol. The van der Waals surface area contributed by atoms with Gasteiger partial charge in [-0.05, 0) is 166 Å². The quantitative estimate of drug-likeness (QED) is 0.0608. The maximum absolute atomic E-state index is 13.7. The molecule has 0 aromatic heterocycles. The van der Waals surface area contributed by atoms with Gasteiger partial charge in [-0.25, -0.2) is 0 Å². The second kappa shape index (κ2) is 27.5. The molecule has 3 aromatic rings. The number of rotatable bonds is 17. The van der Waals surface area contributed by atoms with Crippen molar-refractivity contribution in [1.82, 2.24) is 10.6 Å². The molecule has 6 bridgehead atoms. The van der Waals surface area contributed by atoms with Crippen LogP contribution in [0.15, 0.2) is 90.0 Å². The fourth-order valence-electron chi connectivity index (χ4n) is 13.3. The number of unbranched alkanes of at least 4 members (excludes halogenated alkanes) is 1. The molecule has 0 amide bonds. The summed E-state index contributed by atoms with van der Waals surface area (Å²) >= 11 is 0. The highest BCUT2D eigenvalue weighted by Crippen LogP contribution is 2.44. The van der Waals surface area contributed by atoms with Gasteiger partial charge in [0.15, 0.2) is 0 Å². The van der Waals surface area contributed by atoms with E-state index in [0.29, 0.717) is 68.1 Å². The molecule has 3 aromatic carbocycles. The first kappa shape index (κ1) is 60.7. The molecule has 426 valence electrons. The Hall–Kier alpha value is -4.92. The molecule has 0 spiro atoms. The topological polar surface area (TPSA) is 260 Å². The fraction of sp³-hybridized carbons (Fsp3) is 0.594. The number of aliphatic carboxylic acids is 2. The van der Waals surface area contributed by atoms with Gasteiger partial charge in [-0.1, -0.05) is 112 Å². The number of carboxylic acids is 2. The molecule has 0 radical (unpaired) electrons. The third-order valence-corrected chi connectivity index (χ3v) is 18.0. The van der Waals surface area contributed by atoms with Crippen LogP contribution in [0.25, 0.3) is 0 Å². The lowest BCUT2D eigenvalue weighted by molar-refractivity contribution is -0.151. The number of aryl methyl sites for hydroxylation is 1. The van der Waals surface area contributed by atoms with Crippen molar-refractivity contribution in [3.8, 4) is 17.6 Å². The lowest BCUT2D eigenvalue weighted by atomic mass is 9.68. The number of carboxylic acid groups (broad SMARTS) is 2. The molecule has 2 fully saturated rings. The van der Waals surface area contributed by atoms with Crippen LogP contribution < -0.4 is 10.6 Å². The number of hydrogen-bond acceptors (Lipinski definition) is 12. The zero-order valence-corrected chi connectivity index (χ0v) is 46.1. The first-order chi connectivity index (χ1) is 37.3. The highest BCUT2D eigenvalue weighted by Gasteiger charge is 2.50. The van der Waals surface area contributed by atoms with E-state index in [2.05, 4.69) is 22.5 Å². The Balaban J connectivity index is 1.55. The first-order valence-corrected chi connectivity index (χ1v) is 28.8. The molecule has 4 aliphatic heterocycles. The summed E-state index contributed by atoms with van der Waals surface area (Å²) in [6.45, 7) is 5.15. The van der Waals surface area contributed by atoms with Gasteiger partial charge in [0.25, 0.3) is 0 Å². The Morgan fingerprint density at radius 2 is 1.65 bits per heavy atom. The van der Waals surface area contributed by atoms with E-state index in [1.807, 2.05) is 56.3 Å². The monoisotopic (exact) mass is 1080 g/mol. The zero-order chi connectivity index (χ0) is 56.2. The predicted octanol–water partition coefficient (Wildman–Crippen LogP) is 7.00. The van der Waals surface area contributed by atoms with Crippen molar-refractivity contribution in [2.24, 2.45) is 17.3 Å². The summed E-state index contributed by atoms with van der Waals surface area (Å²) in [5.41, 5.74) is 1.75. The number of phenols is 1. The van der Waals surface area contributed by atoms with Crippen LogP contribution in [0.1, 0.15) is 157 Å². The summed E-state index contributed by atoms with van der Waals surface area (Å²) in [5, 5.41) is 124. The van der Waals surface area contributed by atoms with Crippen LogP contribution in [0.4, 0.5) is 0 Å². The van der Waals surface area contributed by atoms with Gasteiger partial charge in [0, 0.05) is 36.5 Å². The highest BCUT2D eigenvalue weighted by molar-refractivity contribution is 5.75. The van der Waals surface area contributed by atoms with Crippen LogP contribution in [0, 0.1) is 29.1 Å². The average molecular weight is 1080 g/mol. The Morgan fingerprint density at radius 1 is 0.910 bits per heavy atom. The van der Waals surface area contributed by atoms with Crippen molar-refractivity contribution < 1.29 is 60.7 Å². The molecule has 5 aliphatic rings. The van der Waals surface area contributed by atoms with Crippen LogP contribution in [-0.2, 0) is 41.7 Å². The van der Waals surface area contributed by atoms with E-state index in [9.17, 15) is 60.7 Å². The summed E-state index contributed by atoms with van der Waals surface area (Å²) in [4.78, 5) is 26.4. The van der Waals surface area contributed by atoms with Crippen molar-refractivity contribution >= 4 is 11.9 Å². The number of aromatic hydroxyl groups is 1. The number of allylic oxidation sites excluding steroid dienone is 2. The number of hydrogen-bond donors (Lipinski definition) is 12. The van der Waals surface area contributed by atoms with Crippen LogP contribution in [0.2, 0.25) is 0 Å².